The fourth-order valence-corrected chi connectivity index (χ4v) is 2.29. The number of carbonyl (C=O) groups excluding carboxylic acids is 3. The Morgan fingerprint density at radius 2 is 1.85 bits per heavy atom. The van der Waals surface area contributed by atoms with Gasteiger partial charge in [0, 0.05) is 24.4 Å². The molecule has 2 N–H and O–H groups in total. The van der Waals surface area contributed by atoms with Gasteiger partial charge in [0.25, 0.3) is 11.8 Å². The van der Waals surface area contributed by atoms with E-state index >= 15 is 0 Å². The summed E-state index contributed by atoms with van der Waals surface area (Å²) in [5.41, 5.74) is 1.10. The summed E-state index contributed by atoms with van der Waals surface area (Å²) in [6.07, 6.45) is 1.40. The van der Waals surface area contributed by atoms with Crippen molar-refractivity contribution in [1.82, 2.24) is 9.78 Å². The van der Waals surface area contributed by atoms with E-state index in [4.69, 9.17) is 4.42 Å². The highest BCUT2D eigenvalue weighted by molar-refractivity contribution is 6.06. The van der Waals surface area contributed by atoms with Crippen LogP contribution in [-0.4, -0.2) is 27.4 Å². The molecule has 0 radical (unpaired) electrons. The predicted octanol–water partition coefficient (Wildman–Crippen LogP) is 2.72. The number of aromatic nitrogens is 2. The average molecular weight is 352 g/mol. The van der Waals surface area contributed by atoms with Crippen molar-refractivity contribution in [3.8, 4) is 0 Å². The number of aryl methyl sites for hydroxylation is 1. The van der Waals surface area contributed by atoms with Crippen molar-refractivity contribution in [3.05, 3.63) is 65.7 Å². The van der Waals surface area contributed by atoms with Crippen LogP contribution in [-0.2, 0) is 7.05 Å². The Morgan fingerprint density at radius 3 is 2.54 bits per heavy atom. The van der Waals surface area contributed by atoms with Crippen molar-refractivity contribution in [1.29, 1.82) is 0 Å². The first-order valence-corrected chi connectivity index (χ1v) is 7.75. The number of carbonyl (C=O) groups is 3. The van der Waals surface area contributed by atoms with E-state index in [2.05, 4.69) is 15.7 Å². The number of rotatable bonds is 5. The molecule has 3 aromatic rings. The molecule has 0 saturated heterocycles. The third-order valence-corrected chi connectivity index (χ3v) is 3.63. The van der Waals surface area contributed by atoms with E-state index in [1.807, 2.05) is 0 Å². The van der Waals surface area contributed by atoms with Crippen molar-refractivity contribution in [2.24, 2.45) is 7.05 Å². The van der Waals surface area contributed by atoms with Crippen molar-refractivity contribution in [3.63, 3.8) is 0 Å². The lowest BCUT2D eigenvalue weighted by Gasteiger charge is -2.04. The Morgan fingerprint density at radius 1 is 1.04 bits per heavy atom. The third-order valence-electron chi connectivity index (χ3n) is 3.63. The molecule has 3 rings (SSSR count). The van der Waals surface area contributed by atoms with Crippen LogP contribution in [0.15, 0.2) is 53.1 Å². The summed E-state index contributed by atoms with van der Waals surface area (Å²) < 4.78 is 6.40. The lowest BCUT2D eigenvalue weighted by molar-refractivity contribution is 0.0992. The molecule has 2 aromatic heterocycles. The second-order valence-electron chi connectivity index (χ2n) is 5.56. The Bertz CT molecular complexity index is 973. The zero-order chi connectivity index (χ0) is 18.7. The van der Waals surface area contributed by atoms with E-state index in [1.165, 1.54) is 30.0 Å². The van der Waals surface area contributed by atoms with Gasteiger partial charge in [-0.3, -0.25) is 19.1 Å². The molecule has 8 heteroatoms. The fraction of sp³-hybridized carbons (Fsp3) is 0.111. The van der Waals surface area contributed by atoms with Gasteiger partial charge < -0.3 is 15.1 Å². The van der Waals surface area contributed by atoms with Crippen LogP contribution in [0, 0.1) is 0 Å². The second-order valence-corrected chi connectivity index (χ2v) is 5.56. The first kappa shape index (κ1) is 17.2. The van der Waals surface area contributed by atoms with Gasteiger partial charge in [-0.15, -0.1) is 0 Å². The molecule has 0 fully saturated rings. The molecule has 2 heterocycles. The Balaban J connectivity index is 1.73. The maximum absolute atomic E-state index is 12.4. The van der Waals surface area contributed by atoms with Crippen LogP contribution < -0.4 is 10.6 Å². The number of nitrogens with zero attached hydrogens (tertiary/aromatic N) is 2. The lowest BCUT2D eigenvalue weighted by atomic mass is 10.1. The molecule has 0 spiro atoms. The molecule has 0 bridgehead atoms. The van der Waals surface area contributed by atoms with E-state index < -0.39 is 11.8 Å². The van der Waals surface area contributed by atoms with Gasteiger partial charge in [-0.1, -0.05) is 12.1 Å². The van der Waals surface area contributed by atoms with Gasteiger partial charge in [-0.2, -0.15) is 5.10 Å². The SMILES string of the molecule is CC(=O)c1cccc(NC(=O)c2cc(NC(=O)c3ccco3)n(C)n2)c1. The van der Waals surface area contributed by atoms with Gasteiger partial charge in [-0.25, -0.2) is 0 Å². The zero-order valence-electron chi connectivity index (χ0n) is 14.1. The van der Waals surface area contributed by atoms with Gasteiger partial charge in [0.2, 0.25) is 0 Å². The van der Waals surface area contributed by atoms with Gasteiger partial charge in [0.15, 0.2) is 17.2 Å². The van der Waals surface area contributed by atoms with Gasteiger partial charge in [0.1, 0.15) is 5.82 Å². The first-order chi connectivity index (χ1) is 12.4. The molecule has 8 nitrogen and oxygen atoms in total. The van der Waals surface area contributed by atoms with Crippen LogP contribution in [0.3, 0.4) is 0 Å². The summed E-state index contributed by atoms with van der Waals surface area (Å²) in [5, 5.41) is 9.39. The summed E-state index contributed by atoms with van der Waals surface area (Å²) in [4.78, 5) is 35.8. The number of anilines is 2. The van der Waals surface area contributed by atoms with E-state index in [-0.39, 0.29) is 17.2 Å². The topological polar surface area (TPSA) is 106 Å². The van der Waals surface area contributed by atoms with Crippen LogP contribution in [0.25, 0.3) is 0 Å². The highest BCUT2D eigenvalue weighted by Crippen LogP contribution is 2.15. The molecule has 0 aliphatic rings. The molecular weight excluding hydrogens is 336 g/mol. The van der Waals surface area contributed by atoms with E-state index in [0.29, 0.717) is 17.1 Å². The monoisotopic (exact) mass is 352 g/mol. The number of ketones is 1. The van der Waals surface area contributed by atoms with Crippen molar-refractivity contribution in [2.45, 2.75) is 6.92 Å². The molecule has 26 heavy (non-hydrogen) atoms. The van der Waals surface area contributed by atoms with Gasteiger partial charge >= 0.3 is 0 Å². The molecule has 0 saturated carbocycles. The number of amides is 2. The molecule has 0 aliphatic carbocycles. The Kier molecular flexibility index (Phi) is 4.66. The number of hydrogen-bond donors (Lipinski definition) is 2. The number of Topliss-reactive ketones (excluding diaryl/α,β-unsaturated/α-hetero) is 1. The quantitative estimate of drug-likeness (QED) is 0.687. The van der Waals surface area contributed by atoms with Gasteiger partial charge in [0.05, 0.1) is 6.26 Å². The maximum Gasteiger partial charge on any atom is 0.292 e. The highest BCUT2D eigenvalue weighted by Gasteiger charge is 2.16. The smallest absolute Gasteiger partial charge is 0.292 e. The summed E-state index contributed by atoms with van der Waals surface area (Å²) in [6.45, 7) is 1.45. The van der Waals surface area contributed by atoms with Crippen molar-refractivity contribution >= 4 is 29.1 Å². The van der Waals surface area contributed by atoms with Crippen molar-refractivity contribution in [2.75, 3.05) is 10.6 Å². The van der Waals surface area contributed by atoms with E-state index in [9.17, 15) is 14.4 Å². The molecule has 0 atom stereocenters. The van der Waals surface area contributed by atoms with Crippen LogP contribution in [0.1, 0.15) is 38.3 Å². The Labute approximate surface area is 148 Å². The largest absolute Gasteiger partial charge is 0.459 e. The fourth-order valence-electron chi connectivity index (χ4n) is 2.29. The standard InChI is InChI=1S/C18H16N4O4/c1-11(23)12-5-3-6-13(9-12)19-17(24)14-10-16(22(2)21-14)20-18(25)15-7-4-8-26-15/h3-10H,1-2H3,(H,19,24)(H,20,25). The number of benzene rings is 1. The summed E-state index contributed by atoms with van der Waals surface area (Å²) in [6, 6.07) is 11.2. The lowest BCUT2D eigenvalue weighted by Crippen LogP contribution is -2.13. The van der Waals surface area contributed by atoms with Crippen LogP contribution in [0.2, 0.25) is 0 Å². The Hall–Kier alpha value is -3.68. The first-order valence-electron chi connectivity index (χ1n) is 7.75. The molecule has 0 aliphatic heterocycles. The predicted molar refractivity (Wildman–Crippen MR) is 94.3 cm³/mol. The minimum Gasteiger partial charge on any atom is -0.459 e. The number of nitrogens with one attached hydrogen (secondary N) is 2. The zero-order valence-corrected chi connectivity index (χ0v) is 14.1. The molecule has 1 aromatic carbocycles. The summed E-state index contributed by atoms with van der Waals surface area (Å²) in [7, 11) is 1.60. The minimum absolute atomic E-state index is 0.0955. The molecule has 0 unspecified atom stereocenters. The normalized spacial score (nSPS) is 10.4. The number of hydrogen-bond acceptors (Lipinski definition) is 5. The van der Waals surface area contributed by atoms with Crippen LogP contribution >= 0.6 is 0 Å². The molecular formula is C18H16N4O4. The molecule has 132 valence electrons. The van der Waals surface area contributed by atoms with Crippen LogP contribution in [0.4, 0.5) is 11.5 Å². The molecule has 2 amide bonds. The van der Waals surface area contributed by atoms with Gasteiger partial charge in [-0.05, 0) is 31.2 Å². The van der Waals surface area contributed by atoms with E-state index in [1.54, 1.807) is 37.4 Å². The highest BCUT2D eigenvalue weighted by atomic mass is 16.3. The van der Waals surface area contributed by atoms with E-state index in [0.717, 1.165) is 0 Å². The third kappa shape index (κ3) is 3.69. The maximum atomic E-state index is 12.4. The summed E-state index contributed by atoms with van der Waals surface area (Å²) in [5.74, 6) is -0.506. The minimum atomic E-state index is -0.459. The summed E-state index contributed by atoms with van der Waals surface area (Å²) >= 11 is 0. The second kappa shape index (κ2) is 7.06. The number of furan rings is 1. The van der Waals surface area contributed by atoms with Crippen molar-refractivity contribution < 1.29 is 18.8 Å². The average Bonchev–Trinajstić information content (AvgIpc) is 3.26. The van der Waals surface area contributed by atoms with Crippen LogP contribution in [0.5, 0.6) is 0 Å².